The Morgan fingerprint density at radius 1 is 0.839 bits per heavy atom. The van der Waals surface area contributed by atoms with Crippen LogP contribution < -0.4 is 5.32 Å². The maximum atomic E-state index is 12.9. The molecule has 4 nitrogen and oxygen atoms in total. The van der Waals surface area contributed by atoms with Gasteiger partial charge in [-0.15, -0.1) is 0 Å². The second kappa shape index (κ2) is 9.61. The molecule has 1 N–H and O–H groups in total. The molecule has 0 aromatic heterocycles. The summed E-state index contributed by atoms with van der Waals surface area (Å²) in [6.07, 6.45) is 2.36. The van der Waals surface area contributed by atoms with Gasteiger partial charge in [-0.25, -0.2) is 0 Å². The van der Waals surface area contributed by atoms with E-state index in [2.05, 4.69) is 24.4 Å². The van der Waals surface area contributed by atoms with E-state index in [-0.39, 0.29) is 17.7 Å². The summed E-state index contributed by atoms with van der Waals surface area (Å²) in [6.45, 7) is 3.32. The molecule has 0 saturated carbocycles. The highest BCUT2D eigenvalue weighted by Gasteiger charge is 2.27. The van der Waals surface area contributed by atoms with Crippen molar-refractivity contribution < 1.29 is 9.59 Å². The predicted molar refractivity (Wildman–Crippen MR) is 125 cm³/mol. The van der Waals surface area contributed by atoms with Crippen LogP contribution in [0.5, 0.6) is 0 Å². The Kier molecular flexibility index (Phi) is 6.46. The fourth-order valence-electron chi connectivity index (χ4n) is 4.03. The van der Waals surface area contributed by atoms with Gasteiger partial charge in [-0.2, -0.15) is 0 Å². The first-order chi connectivity index (χ1) is 15.1. The molecule has 3 aromatic carbocycles. The number of amides is 2. The van der Waals surface area contributed by atoms with Crippen LogP contribution in [0.4, 0.5) is 5.69 Å². The lowest BCUT2D eigenvalue weighted by Gasteiger charge is -2.31. The average molecular weight is 413 g/mol. The van der Waals surface area contributed by atoms with Crippen molar-refractivity contribution in [3.8, 4) is 11.1 Å². The van der Waals surface area contributed by atoms with E-state index in [1.807, 2.05) is 71.6 Å². The molecule has 1 saturated heterocycles. The summed E-state index contributed by atoms with van der Waals surface area (Å²) >= 11 is 0. The van der Waals surface area contributed by atoms with Gasteiger partial charge in [-0.3, -0.25) is 9.59 Å². The fraction of sp³-hybridized carbons (Fsp3) is 0.259. The number of benzene rings is 3. The summed E-state index contributed by atoms with van der Waals surface area (Å²) in [5.41, 5.74) is 5.01. The van der Waals surface area contributed by atoms with Crippen LogP contribution in [-0.2, 0) is 11.2 Å². The number of nitrogens with one attached hydrogen (secondary N) is 1. The standard InChI is InChI=1S/C27H28N2O2/c1-2-20-8-14-25(15-9-20)28-26(30)23-16-18-29(19-17-23)27(31)24-12-10-22(11-13-24)21-6-4-3-5-7-21/h3-15,23H,2,16-19H2,1H3,(H,28,30). The quantitative estimate of drug-likeness (QED) is 0.609. The fourth-order valence-corrected chi connectivity index (χ4v) is 4.03. The number of carbonyl (C=O) groups is 2. The van der Waals surface area contributed by atoms with E-state index in [4.69, 9.17) is 0 Å². The summed E-state index contributed by atoms with van der Waals surface area (Å²) in [4.78, 5) is 27.4. The highest BCUT2D eigenvalue weighted by atomic mass is 16.2. The van der Waals surface area contributed by atoms with Crippen molar-refractivity contribution in [2.75, 3.05) is 18.4 Å². The van der Waals surface area contributed by atoms with Gasteiger partial charge in [-0.05, 0) is 60.2 Å². The highest BCUT2D eigenvalue weighted by Crippen LogP contribution is 2.23. The van der Waals surface area contributed by atoms with Crippen LogP contribution in [0.1, 0.15) is 35.7 Å². The smallest absolute Gasteiger partial charge is 0.253 e. The van der Waals surface area contributed by atoms with E-state index < -0.39 is 0 Å². The lowest BCUT2D eigenvalue weighted by Crippen LogP contribution is -2.41. The minimum absolute atomic E-state index is 0.0358. The Morgan fingerprint density at radius 3 is 2.06 bits per heavy atom. The van der Waals surface area contributed by atoms with Crippen molar-refractivity contribution in [3.63, 3.8) is 0 Å². The molecule has 0 spiro atoms. The molecule has 1 aliphatic heterocycles. The maximum Gasteiger partial charge on any atom is 0.253 e. The summed E-state index contributed by atoms with van der Waals surface area (Å²) in [5, 5.41) is 3.02. The number of anilines is 1. The third kappa shape index (κ3) is 5.02. The van der Waals surface area contributed by atoms with Gasteiger partial charge in [0.2, 0.25) is 5.91 Å². The highest BCUT2D eigenvalue weighted by molar-refractivity contribution is 5.95. The Hall–Kier alpha value is -3.40. The van der Waals surface area contributed by atoms with Crippen molar-refractivity contribution in [1.29, 1.82) is 0 Å². The van der Waals surface area contributed by atoms with Crippen LogP contribution in [0.3, 0.4) is 0 Å². The Bertz CT molecular complexity index is 1020. The van der Waals surface area contributed by atoms with Crippen molar-refractivity contribution in [3.05, 3.63) is 90.0 Å². The minimum Gasteiger partial charge on any atom is -0.339 e. The molecule has 0 unspecified atom stereocenters. The first kappa shape index (κ1) is 20.9. The second-order valence-electron chi connectivity index (χ2n) is 8.05. The maximum absolute atomic E-state index is 12.9. The SMILES string of the molecule is CCc1ccc(NC(=O)C2CCN(C(=O)c3ccc(-c4ccccc4)cc3)CC2)cc1. The van der Waals surface area contributed by atoms with E-state index >= 15 is 0 Å². The molecule has 3 aromatic rings. The third-order valence-corrected chi connectivity index (χ3v) is 6.02. The van der Waals surface area contributed by atoms with E-state index in [0.29, 0.717) is 31.5 Å². The molecule has 4 heteroatoms. The lowest BCUT2D eigenvalue weighted by molar-refractivity contribution is -0.121. The minimum atomic E-state index is -0.0599. The molecule has 31 heavy (non-hydrogen) atoms. The van der Waals surface area contributed by atoms with Crippen LogP contribution in [0.25, 0.3) is 11.1 Å². The van der Waals surface area contributed by atoms with Gasteiger partial charge in [0, 0.05) is 30.3 Å². The zero-order valence-corrected chi connectivity index (χ0v) is 17.9. The predicted octanol–water partition coefficient (Wildman–Crippen LogP) is 5.41. The number of hydrogen-bond donors (Lipinski definition) is 1. The number of rotatable bonds is 5. The van der Waals surface area contributed by atoms with Crippen LogP contribution in [0, 0.1) is 5.92 Å². The molecule has 0 bridgehead atoms. The van der Waals surface area contributed by atoms with Crippen LogP contribution >= 0.6 is 0 Å². The van der Waals surface area contributed by atoms with Crippen molar-refractivity contribution in [2.45, 2.75) is 26.2 Å². The van der Waals surface area contributed by atoms with Gasteiger partial charge >= 0.3 is 0 Å². The number of aryl methyl sites for hydroxylation is 1. The Morgan fingerprint density at radius 2 is 1.45 bits per heavy atom. The molecule has 0 aliphatic carbocycles. The zero-order chi connectivity index (χ0) is 21.6. The first-order valence-corrected chi connectivity index (χ1v) is 11.0. The van der Waals surface area contributed by atoms with Gasteiger partial charge in [0.1, 0.15) is 0 Å². The number of piperidine rings is 1. The largest absolute Gasteiger partial charge is 0.339 e. The van der Waals surface area contributed by atoms with Gasteiger partial charge in [0.05, 0.1) is 0 Å². The number of hydrogen-bond acceptors (Lipinski definition) is 2. The van der Waals surface area contributed by atoms with Crippen LogP contribution in [0.15, 0.2) is 78.9 Å². The Labute approximate surface area is 183 Å². The number of nitrogens with zero attached hydrogens (tertiary/aromatic N) is 1. The monoisotopic (exact) mass is 412 g/mol. The topological polar surface area (TPSA) is 49.4 Å². The second-order valence-corrected chi connectivity index (χ2v) is 8.05. The normalized spacial score (nSPS) is 14.3. The van der Waals surface area contributed by atoms with Gasteiger partial charge in [0.15, 0.2) is 0 Å². The van der Waals surface area contributed by atoms with E-state index in [1.54, 1.807) is 0 Å². The van der Waals surface area contributed by atoms with E-state index in [0.717, 1.165) is 23.2 Å². The van der Waals surface area contributed by atoms with Crippen molar-refractivity contribution >= 4 is 17.5 Å². The lowest BCUT2D eigenvalue weighted by atomic mass is 9.95. The molecule has 4 rings (SSSR count). The third-order valence-electron chi connectivity index (χ3n) is 6.02. The van der Waals surface area contributed by atoms with Gasteiger partial charge in [0.25, 0.3) is 5.91 Å². The molecule has 158 valence electrons. The van der Waals surface area contributed by atoms with E-state index in [1.165, 1.54) is 5.56 Å². The summed E-state index contributed by atoms with van der Waals surface area (Å²) in [6, 6.07) is 25.9. The van der Waals surface area contributed by atoms with E-state index in [9.17, 15) is 9.59 Å². The average Bonchev–Trinajstić information content (AvgIpc) is 2.85. The summed E-state index contributed by atoms with van der Waals surface area (Å²) in [7, 11) is 0. The van der Waals surface area contributed by atoms with Gasteiger partial charge < -0.3 is 10.2 Å². The molecule has 1 fully saturated rings. The molecule has 1 aliphatic rings. The number of carbonyl (C=O) groups excluding carboxylic acids is 2. The first-order valence-electron chi connectivity index (χ1n) is 11.0. The summed E-state index contributed by atoms with van der Waals surface area (Å²) in [5.74, 6) is 0.0209. The molecular weight excluding hydrogens is 384 g/mol. The molecule has 0 radical (unpaired) electrons. The zero-order valence-electron chi connectivity index (χ0n) is 17.9. The van der Waals surface area contributed by atoms with Crippen LogP contribution in [-0.4, -0.2) is 29.8 Å². The summed E-state index contributed by atoms with van der Waals surface area (Å²) < 4.78 is 0. The molecule has 1 heterocycles. The Balaban J connectivity index is 1.31. The number of likely N-dealkylation sites (tertiary alicyclic amines) is 1. The molecule has 0 atom stereocenters. The molecular formula is C27H28N2O2. The van der Waals surface area contributed by atoms with Crippen molar-refractivity contribution in [2.24, 2.45) is 5.92 Å². The van der Waals surface area contributed by atoms with Crippen LogP contribution in [0.2, 0.25) is 0 Å². The van der Waals surface area contributed by atoms with Crippen molar-refractivity contribution in [1.82, 2.24) is 4.90 Å². The molecule has 2 amide bonds. The van der Waals surface area contributed by atoms with Gasteiger partial charge in [-0.1, -0.05) is 61.5 Å².